The first-order valence-electron chi connectivity index (χ1n) is 6.60. The van der Waals surface area contributed by atoms with Gasteiger partial charge in [-0.15, -0.1) is 0 Å². The van der Waals surface area contributed by atoms with Crippen molar-refractivity contribution in [3.63, 3.8) is 0 Å². The molecule has 0 aromatic heterocycles. The monoisotopic (exact) mass is 196 g/mol. The molecule has 0 unspecified atom stereocenters. The molecule has 2 atom stereocenters. The fourth-order valence-corrected chi connectivity index (χ4v) is 3.38. The molecule has 14 heavy (non-hydrogen) atoms. The molecule has 1 aliphatic carbocycles. The highest BCUT2D eigenvalue weighted by Gasteiger charge is 2.35. The third-order valence-corrected chi connectivity index (χ3v) is 4.18. The molecule has 0 heteroatoms. The van der Waals surface area contributed by atoms with Gasteiger partial charge in [-0.05, 0) is 30.1 Å². The molecule has 0 aliphatic heterocycles. The molecule has 1 aliphatic rings. The molecule has 1 fully saturated rings. The Bertz CT molecular complexity index is 157. The van der Waals surface area contributed by atoms with E-state index in [2.05, 4.69) is 27.7 Å². The van der Waals surface area contributed by atoms with Crippen molar-refractivity contribution in [2.75, 3.05) is 0 Å². The van der Waals surface area contributed by atoms with E-state index in [9.17, 15) is 0 Å². The summed E-state index contributed by atoms with van der Waals surface area (Å²) in [5, 5.41) is 0. The molecule has 1 saturated carbocycles. The van der Waals surface area contributed by atoms with E-state index in [0.717, 1.165) is 11.8 Å². The van der Waals surface area contributed by atoms with Crippen LogP contribution in [0.2, 0.25) is 0 Å². The molecule has 0 nitrogen and oxygen atoms in total. The summed E-state index contributed by atoms with van der Waals surface area (Å²) in [5.41, 5.74) is 0.619. The molecule has 1 rings (SSSR count). The number of rotatable bonds is 4. The van der Waals surface area contributed by atoms with E-state index in [0.29, 0.717) is 5.41 Å². The Balaban J connectivity index is 2.47. The van der Waals surface area contributed by atoms with Crippen LogP contribution in [0, 0.1) is 17.3 Å². The second-order valence-electron chi connectivity index (χ2n) is 5.91. The Morgan fingerprint density at radius 1 is 1.00 bits per heavy atom. The first-order chi connectivity index (χ1) is 6.60. The Hall–Kier alpha value is 0. The largest absolute Gasteiger partial charge is 0.0654 e. The van der Waals surface area contributed by atoms with Gasteiger partial charge in [-0.25, -0.2) is 0 Å². The van der Waals surface area contributed by atoms with Crippen LogP contribution in [0.3, 0.4) is 0 Å². The summed E-state index contributed by atoms with van der Waals surface area (Å²) in [7, 11) is 0. The van der Waals surface area contributed by atoms with E-state index in [1.807, 2.05) is 0 Å². The van der Waals surface area contributed by atoms with E-state index in [1.54, 1.807) is 0 Å². The van der Waals surface area contributed by atoms with Gasteiger partial charge in [0.15, 0.2) is 0 Å². The van der Waals surface area contributed by atoms with Gasteiger partial charge in [0.05, 0.1) is 0 Å². The van der Waals surface area contributed by atoms with Crippen molar-refractivity contribution >= 4 is 0 Å². The third kappa shape index (κ3) is 3.00. The second kappa shape index (κ2) is 5.19. The van der Waals surface area contributed by atoms with Gasteiger partial charge >= 0.3 is 0 Å². The zero-order valence-electron chi connectivity index (χ0n) is 10.6. The molecule has 0 radical (unpaired) electrons. The van der Waals surface area contributed by atoms with Gasteiger partial charge in [0, 0.05) is 0 Å². The maximum Gasteiger partial charge on any atom is -0.0323 e. The summed E-state index contributed by atoms with van der Waals surface area (Å²) in [4.78, 5) is 0. The average molecular weight is 196 g/mol. The van der Waals surface area contributed by atoms with Gasteiger partial charge in [0.25, 0.3) is 0 Å². The van der Waals surface area contributed by atoms with Gasteiger partial charge in [0.2, 0.25) is 0 Å². The third-order valence-electron chi connectivity index (χ3n) is 4.18. The predicted molar refractivity (Wildman–Crippen MR) is 64.4 cm³/mol. The SMILES string of the molecule is CCC[C@H]1CC[C@H](CCC)C(C)(C)C1. The molecule has 0 N–H and O–H groups in total. The van der Waals surface area contributed by atoms with Crippen molar-refractivity contribution in [2.45, 2.75) is 72.6 Å². The summed E-state index contributed by atoms with van der Waals surface area (Å²) in [6, 6.07) is 0. The van der Waals surface area contributed by atoms with Gasteiger partial charge in [-0.2, -0.15) is 0 Å². The Morgan fingerprint density at radius 3 is 2.14 bits per heavy atom. The van der Waals surface area contributed by atoms with Gasteiger partial charge in [-0.3, -0.25) is 0 Å². The van der Waals surface area contributed by atoms with Crippen LogP contribution in [0.1, 0.15) is 72.6 Å². The van der Waals surface area contributed by atoms with Crippen LogP contribution in [-0.2, 0) is 0 Å². The first kappa shape index (κ1) is 12.1. The van der Waals surface area contributed by atoms with E-state index in [-0.39, 0.29) is 0 Å². The minimum Gasteiger partial charge on any atom is -0.0654 e. The maximum atomic E-state index is 2.50. The van der Waals surface area contributed by atoms with E-state index in [4.69, 9.17) is 0 Å². The summed E-state index contributed by atoms with van der Waals surface area (Å²) >= 11 is 0. The van der Waals surface area contributed by atoms with Gasteiger partial charge in [0.1, 0.15) is 0 Å². The predicted octanol–water partition coefficient (Wildman–Crippen LogP) is 5.03. The second-order valence-corrected chi connectivity index (χ2v) is 5.91. The first-order valence-corrected chi connectivity index (χ1v) is 6.60. The maximum absolute atomic E-state index is 2.50. The molecule has 0 saturated heterocycles. The van der Waals surface area contributed by atoms with Crippen LogP contribution in [0.5, 0.6) is 0 Å². The Kier molecular flexibility index (Phi) is 4.47. The van der Waals surface area contributed by atoms with E-state index in [1.165, 1.54) is 44.9 Å². The molecule has 0 heterocycles. The van der Waals surface area contributed by atoms with E-state index < -0.39 is 0 Å². The Labute approximate surface area is 90.5 Å². The van der Waals surface area contributed by atoms with Crippen molar-refractivity contribution in [1.82, 2.24) is 0 Å². The van der Waals surface area contributed by atoms with Crippen molar-refractivity contribution in [3.8, 4) is 0 Å². The zero-order chi connectivity index (χ0) is 10.6. The van der Waals surface area contributed by atoms with Crippen LogP contribution in [0.4, 0.5) is 0 Å². The van der Waals surface area contributed by atoms with Crippen LogP contribution in [-0.4, -0.2) is 0 Å². The quantitative estimate of drug-likeness (QED) is 0.591. The van der Waals surface area contributed by atoms with Crippen LogP contribution in [0.25, 0.3) is 0 Å². The van der Waals surface area contributed by atoms with Crippen LogP contribution >= 0.6 is 0 Å². The lowest BCUT2D eigenvalue weighted by atomic mass is 9.63. The average Bonchev–Trinajstić information content (AvgIpc) is 2.10. The lowest BCUT2D eigenvalue weighted by Gasteiger charge is -2.42. The topological polar surface area (TPSA) is 0 Å². The fraction of sp³-hybridized carbons (Fsp3) is 1.00. The standard InChI is InChI=1S/C14H28/c1-5-7-12-9-10-13(8-6-2)14(3,4)11-12/h12-13H,5-11H2,1-4H3/t12-,13-/m0/s1. The molecule has 84 valence electrons. The van der Waals surface area contributed by atoms with Crippen molar-refractivity contribution in [3.05, 3.63) is 0 Å². The van der Waals surface area contributed by atoms with Gasteiger partial charge in [-0.1, -0.05) is 59.8 Å². The highest BCUT2D eigenvalue weighted by Crippen LogP contribution is 2.46. The summed E-state index contributed by atoms with van der Waals surface area (Å²) in [6.07, 6.45) is 10.1. The van der Waals surface area contributed by atoms with Crippen molar-refractivity contribution in [2.24, 2.45) is 17.3 Å². The minimum absolute atomic E-state index is 0.619. The van der Waals surface area contributed by atoms with E-state index >= 15 is 0 Å². The smallest absolute Gasteiger partial charge is 0.0323 e. The Morgan fingerprint density at radius 2 is 1.64 bits per heavy atom. The normalized spacial score (nSPS) is 31.7. The molecule has 0 aromatic carbocycles. The number of hydrogen-bond donors (Lipinski definition) is 0. The van der Waals surface area contributed by atoms with Gasteiger partial charge < -0.3 is 0 Å². The molecule has 0 amide bonds. The summed E-state index contributed by atoms with van der Waals surface area (Å²) < 4.78 is 0. The lowest BCUT2D eigenvalue weighted by Crippen LogP contribution is -2.32. The molecular formula is C14H28. The zero-order valence-corrected chi connectivity index (χ0v) is 10.6. The highest BCUT2D eigenvalue weighted by molar-refractivity contribution is 4.86. The summed E-state index contributed by atoms with van der Waals surface area (Å²) in [6.45, 7) is 9.64. The van der Waals surface area contributed by atoms with Crippen molar-refractivity contribution in [1.29, 1.82) is 0 Å². The van der Waals surface area contributed by atoms with Crippen LogP contribution < -0.4 is 0 Å². The highest BCUT2D eigenvalue weighted by atomic mass is 14.4. The van der Waals surface area contributed by atoms with Crippen molar-refractivity contribution < 1.29 is 0 Å². The number of hydrogen-bond acceptors (Lipinski definition) is 0. The minimum atomic E-state index is 0.619. The molecule has 0 spiro atoms. The molecular weight excluding hydrogens is 168 g/mol. The fourth-order valence-electron chi connectivity index (χ4n) is 3.38. The molecule has 0 bridgehead atoms. The van der Waals surface area contributed by atoms with Crippen LogP contribution in [0.15, 0.2) is 0 Å². The lowest BCUT2D eigenvalue weighted by molar-refractivity contribution is 0.0833. The summed E-state index contributed by atoms with van der Waals surface area (Å²) in [5.74, 6) is 2.03. The molecule has 0 aromatic rings.